The molecule has 0 fully saturated rings. The summed E-state index contributed by atoms with van der Waals surface area (Å²) in [6.45, 7) is 10.4. The fraction of sp³-hybridized carbons (Fsp3) is 0.364. The fourth-order valence-electron chi connectivity index (χ4n) is 6.84. The molecule has 12 heteroatoms. The number of isothiocyanates is 4. The van der Waals surface area contributed by atoms with Crippen LogP contribution in [0.25, 0.3) is 0 Å². The Bertz CT molecular complexity index is 1860. The van der Waals surface area contributed by atoms with E-state index in [1.165, 1.54) is 0 Å². The summed E-state index contributed by atoms with van der Waals surface area (Å²) in [4.78, 5) is 17.8. The lowest BCUT2D eigenvalue weighted by Crippen LogP contribution is -2.10. The summed E-state index contributed by atoms with van der Waals surface area (Å²) in [7, 11) is 0. The molecule has 0 saturated carbocycles. The number of benzene rings is 4. The maximum absolute atomic E-state index is 6.64. The first-order valence-corrected chi connectivity index (χ1v) is 20.5. The van der Waals surface area contributed by atoms with Crippen LogP contribution in [0.15, 0.2) is 68.5 Å². The first-order valence-electron chi connectivity index (χ1n) is 18.9. The van der Waals surface area contributed by atoms with Gasteiger partial charge in [-0.1, -0.05) is 27.7 Å². The van der Waals surface area contributed by atoms with Crippen molar-refractivity contribution < 1.29 is 18.9 Å². The Balaban J connectivity index is 1.96. The van der Waals surface area contributed by atoms with Crippen LogP contribution >= 0.6 is 48.9 Å². The number of nitrogens with zero attached hydrogens (tertiary/aromatic N) is 4. The van der Waals surface area contributed by atoms with Gasteiger partial charge in [-0.2, -0.15) is 20.0 Å². The van der Waals surface area contributed by atoms with Crippen molar-refractivity contribution >= 4 is 92.3 Å². The second kappa shape index (κ2) is 21.5. The molecule has 0 amide bonds. The normalized spacial score (nSPS) is 11.5. The average Bonchev–Trinajstić information content (AvgIpc) is 3.17. The Kier molecular flexibility index (Phi) is 16.3. The van der Waals surface area contributed by atoms with Crippen LogP contribution in [-0.2, 0) is 25.7 Å². The SMILES string of the molecule is CCCOc1c2cc(N=C=S)cc1Cc1cc(N=C=S)cc(c1OCCC)Cc1cc(N=C=S)cc(c1OCCC)Cc1cc(N=C=S)cc(c1OCCC)C2. The highest BCUT2D eigenvalue weighted by Crippen LogP contribution is 2.43. The molecule has 1 aliphatic rings. The molecule has 0 unspecified atom stereocenters. The number of fused-ring (bicyclic) bond motifs is 8. The molecular formula is C44H44N4O4S4. The number of ether oxygens (including phenoxy) is 4. The van der Waals surface area contributed by atoms with Gasteiger partial charge in [-0.3, -0.25) is 0 Å². The third-order valence-electron chi connectivity index (χ3n) is 8.93. The summed E-state index contributed by atoms with van der Waals surface area (Å²) in [5.41, 5.74) is 9.83. The van der Waals surface area contributed by atoms with Crippen LogP contribution < -0.4 is 18.9 Å². The van der Waals surface area contributed by atoms with Crippen molar-refractivity contribution in [1.29, 1.82) is 0 Å². The monoisotopic (exact) mass is 820 g/mol. The maximum atomic E-state index is 6.64. The van der Waals surface area contributed by atoms with Crippen molar-refractivity contribution in [2.45, 2.75) is 79.1 Å². The van der Waals surface area contributed by atoms with Gasteiger partial charge in [-0.15, -0.1) is 0 Å². The molecule has 0 radical (unpaired) electrons. The van der Waals surface area contributed by atoms with E-state index >= 15 is 0 Å². The molecule has 0 saturated heterocycles. The van der Waals surface area contributed by atoms with Gasteiger partial charge in [0.25, 0.3) is 0 Å². The molecule has 4 aromatic carbocycles. The summed E-state index contributed by atoms with van der Waals surface area (Å²) in [6, 6.07) is 16.0. The van der Waals surface area contributed by atoms with Crippen LogP contribution in [0.4, 0.5) is 22.7 Å². The number of aliphatic imine (C=N–C) groups is 4. The van der Waals surface area contributed by atoms with Crippen LogP contribution in [0, 0.1) is 0 Å². The molecule has 8 bridgehead atoms. The number of hydrogen-bond acceptors (Lipinski definition) is 12. The zero-order chi connectivity index (χ0) is 39.9. The van der Waals surface area contributed by atoms with Crippen molar-refractivity contribution in [2.24, 2.45) is 20.0 Å². The predicted octanol–water partition coefficient (Wildman–Crippen LogP) is 12.5. The van der Waals surface area contributed by atoms with Gasteiger partial charge in [0.2, 0.25) is 0 Å². The zero-order valence-corrected chi connectivity index (χ0v) is 35.4. The van der Waals surface area contributed by atoms with Crippen molar-refractivity contribution in [2.75, 3.05) is 26.4 Å². The Morgan fingerprint density at radius 3 is 0.696 bits per heavy atom. The number of rotatable bonds is 16. The van der Waals surface area contributed by atoms with E-state index in [1.807, 2.05) is 48.5 Å². The largest absolute Gasteiger partial charge is 0.493 e. The minimum absolute atomic E-state index is 0.430. The van der Waals surface area contributed by atoms with Crippen LogP contribution in [0.1, 0.15) is 97.9 Å². The molecule has 288 valence electrons. The highest BCUT2D eigenvalue weighted by molar-refractivity contribution is 7.78. The van der Waals surface area contributed by atoms with Gasteiger partial charge in [0.1, 0.15) is 23.0 Å². The summed E-state index contributed by atoms with van der Waals surface area (Å²) in [6.07, 6.45) is 4.98. The van der Waals surface area contributed by atoms with E-state index in [2.05, 4.69) is 68.3 Å². The lowest BCUT2D eigenvalue weighted by atomic mass is 9.90. The fourth-order valence-corrected chi connectivity index (χ4v) is 7.26. The highest BCUT2D eigenvalue weighted by Gasteiger charge is 2.24. The minimum Gasteiger partial charge on any atom is -0.493 e. The predicted molar refractivity (Wildman–Crippen MR) is 239 cm³/mol. The van der Waals surface area contributed by atoms with E-state index in [-0.39, 0.29) is 0 Å². The molecule has 4 aromatic rings. The van der Waals surface area contributed by atoms with E-state index in [1.54, 1.807) is 0 Å². The van der Waals surface area contributed by atoms with Gasteiger partial charge in [-0.25, -0.2) is 0 Å². The van der Waals surface area contributed by atoms with Gasteiger partial charge in [0.15, 0.2) is 0 Å². The van der Waals surface area contributed by atoms with Gasteiger partial charge < -0.3 is 18.9 Å². The lowest BCUT2D eigenvalue weighted by Gasteiger charge is -2.23. The summed E-state index contributed by atoms with van der Waals surface area (Å²) in [5, 5.41) is 10.3. The van der Waals surface area contributed by atoms with Gasteiger partial charge in [0.05, 0.1) is 69.8 Å². The van der Waals surface area contributed by atoms with Crippen molar-refractivity contribution in [1.82, 2.24) is 0 Å². The second-order valence-corrected chi connectivity index (χ2v) is 14.0. The number of thiocarbonyl (C=S) groups is 4. The quantitative estimate of drug-likeness (QED) is 0.0718. The zero-order valence-electron chi connectivity index (χ0n) is 32.2. The Hall–Kier alpha value is -4.72. The van der Waals surface area contributed by atoms with E-state index in [4.69, 9.17) is 67.8 Å². The third-order valence-corrected chi connectivity index (χ3v) is 9.30. The second-order valence-electron chi connectivity index (χ2n) is 13.3. The highest BCUT2D eigenvalue weighted by atomic mass is 32.1. The Morgan fingerprint density at radius 2 is 0.554 bits per heavy atom. The van der Waals surface area contributed by atoms with Crippen molar-refractivity contribution in [3.8, 4) is 23.0 Å². The summed E-state index contributed by atoms with van der Waals surface area (Å²) in [5.74, 6) is 3.01. The average molecular weight is 821 g/mol. The third kappa shape index (κ3) is 10.8. The Morgan fingerprint density at radius 1 is 0.375 bits per heavy atom. The first-order chi connectivity index (χ1) is 27.4. The standard InChI is InChI=1S/C44H44N4O4S4/c1-5-9-49-41-29-13-31-19-38(46-26-54)21-33(42(31)50-10-6-2)15-35-23-40(48-28-56)24-36(44(35)52-12-8-4)16-34-22-39(47-27-55)20-32(43(34)51-11-7-3)14-30(41)18-37(17-29)45-25-53/h17-24H,5-16H2,1-4H3. The van der Waals surface area contributed by atoms with Crippen LogP contribution in [0.5, 0.6) is 23.0 Å². The van der Waals surface area contributed by atoms with Crippen LogP contribution in [0.2, 0.25) is 0 Å². The molecule has 0 aromatic heterocycles. The summed E-state index contributed by atoms with van der Waals surface area (Å²) < 4.78 is 26.6. The maximum Gasteiger partial charge on any atom is 0.126 e. The Labute approximate surface area is 350 Å². The van der Waals surface area contributed by atoms with Crippen LogP contribution in [-0.4, -0.2) is 47.1 Å². The molecule has 56 heavy (non-hydrogen) atoms. The molecule has 5 rings (SSSR count). The lowest BCUT2D eigenvalue weighted by molar-refractivity contribution is 0.304. The molecule has 0 heterocycles. The molecule has 0 atom stereocenters. The molecule has 8 nitrogen and oxygen atoms in total. The smallest absolute Gasteiger partial charge is 0.126 e. The van der Waals surface area contributed by atoms with Gasteiger partial charge in [0, 0.05) is 70.2 Å². The number of hydrogen-bond donors (Lipinski definition) is 0. The topological polar surface area (TPSA) is 86.4 Å². The first kappa shape index (κ1) is 42.4. The molecule has 0 aliphatic heterocycles. The van der Waals surface area contributed by atoms with Crippen molar-refractivity contribution in [3.05, 3.63) is 93.0 Å². The van der Waals surface area contributed by atoms with Crippen LogP contribution in [0.3, 0.4) is 0 Å². The van der Waals surface area contributed by atoms with Gasteiger partial charge >= 0.3 is 0 Å². The summed E-state index contributed by atoms with van der Waals surface area (Å²) >= 11 is 20.4. The molecule has 0 N–H and O–H groups in total. The van der Waals surface area contributed by atoms with E-state index < -0.39 is 0 Å². The van der Waals surface area contributed by atoms with E-state index in [9.17, 15) is 0 Å². The molecule has 0 spiro atoms. The van der Waals surface area contributed by atoms with Gasteiger partial charge in [-0.05, 0) is 123 Å². The van der Waals surface area contributed by atoms with E-state index in [0.29, 0.717) is 74.9 Å². The molecular weight excluding hydrogens is 777 g/mol. The van der Waals surface area contributed by atoms with Crippen molar-refractivity contribution in [3.63, 3.8) is 0 Å². The minimum atomic E-state index is 0.430. The molecule has 1 aliphatic carbocycles. The van der Waals surface area contributed by atoms with E-state index in [0.717, 1.165) is 93.2 Å².